The maximum absolute atomic E-state index is 12.8. The number of carbonyl (C=O) groups is 5. The lowest BCUT2D eigenvalue weighted by atomic mass is 10.1. The van der Waals surface area contributed by atoms with Gasteiger partial charge in [0.1, 0.15) is 6.61 Å². The molecule has 0 bridgehead atoms. The van der Waals surface area contributed by atoms with Crippen LogP contribution in [0.15, 0.2) is 11.5 Å². The molecule has 10 nitrogen and oxygen atoms in total. The Bertz CT molecular complexity index is 900. The quantitative estimate of drug-likeness (QED) is 0.156. The molecule has 0 amide bonds. The highest BCUT2D eigenvalue weighted by molar-refractivity contribution is 5.93. The predicted octanol–water partition coefficient (Wildman–Crippen LogP) is 5.41. The van der Waals surface area contributed by atoms with Gasteiger partial charge in [0.15, 0.2) is 6.10 Å². The van der Waals surface area contributed by atoms with Crippen molar-refractivity contribution in [1.82, 2.24) is 0 Å². The molecule has 0 unspecified atom stereocenters. The van der Waals surface area contributed by atoms with Crippen LogP contribution in [0.3, 0.4) is 0 Å². The fraction of sp³-hybridized carbons (Fsp3) is 0.767. The molecule has 0 aromatic carbocycles. The summed E-state index contributed by atoms with van der Waals surface area (Å²) in [7, 11) is 0. The van der Waals surface area contributed by atoms with E-state index in [2.05, 4.69) is 0 Å². The Morgan fingerprint density at radius 1 is 0.650 bits per heavy atom. The second-order valence-corrected chi connectivity index (χ2v) is 11.9. The third kappa shape index (κ3) is 13.9. The zero-order valence-corrected chi connectivity index (χ0v) is 25.4. The van der Waals surface area contributed by atoms with Crippen LogP contribution in [-0.4, -0.2) is 48.7 Å². The Kier molecular flexibility index (Phi) is 15.5. The zero-order valence-electron chi connectivity index (χ0n) is 25.4. The van der Waals surface area contributed by atoms with Crippen molar-refractivity contribution in [3.05, 3.63) is 11.5 Å². The lowest BCUT2D eigenvalue weighted by Gasteiger charge is -2.24. The van der Waals surface area contributed by atoms with Crippen LogP contribution >= 0.6 is 0 Å². The van der Waals surface area contributed by atoms with Gasteiger partial charge in [-0.05, 0) is 49.4 Å². The van der Waals surface area contributed by atoms with Gasteiger partial charge in [0.05, 0.1) is 0 Å². The van der Waals surface area contributed by atoms with E-state index in [9.17, 15) is 24.0 Å². The van der Waals surface area contributed by atoms with Crippen LogP contribution in [0.1, 0.15) is 107 Å². The molecule has 0 radical (unpaired) electrons. The fourth-order valence-electron chi connectivity index (χ4n) is 3.52. The van der Waals surface area contributed by atoms with Crippen LogP contribution in [0.2, 0.25) is 0 Å². The molecule has 0 saturated carbocycles. The highest BCUT2D eigenvalue weighted by atomic mass is 16.7. The van der Waals surface area contributed by atoms with E-state index in [1.54, 1.807) is 0 Å². The molecule has 40 heavy (non-hydrogen) atoms. The van der Waals surface area contributed by atoms with Crippen molar-refractivity contribution in [3.63, 3.8) is 0 Å². The monoisotopic (exact) mass is 568 g/mol. The van der Waals surface area contributed by atoms with Gasteiger partial charge in [0, 0.05) is 25.7 Å². The fourth-order valence-corrected chi connectivity index (χ4v) is 3.52. The molecule has 2 atom stereocenters. The molecular formula is C30H48O10. The molecule has 0 saturated heterocycles. The number of ether oxygens (including phenoxy) is 5. The summed E-state index contributed by atoms with van der Waals surface area (Å²) < 4.78 is 27.2. The SMILES string of the molecule is CC(C)CCC(=O)OC[C@H](OC(=O)CCC(C)C)[C@H]1OC(=O)C(OC(=O)CCC(C)C)=C1OC(=O)CCC(C)C. The highest BCUT2D eigenvalue weighted by Gasteiger charge is 2.46. The van der Waals surface area contributed by atoms with E-state index in [4.69, 9.17) is 23.7 Å². The molecule has 10 heteroatoms. The third-order valence-corrected chi connectivity index (χ3v) is 6.07. The van der Waals surface area contributed by atoms with Crippen molar-refractivity contribution < 1.29 is 47.7 Å². The first kappa shape index (κ1) is 35.1. The normalized spacial score (nSPS) is 16.0. The van der Waals surface area contributed by atoms with Crippen LogP contribution in [-0.2, 0) is 47.7 Å². The average Bonchev–Trinajstić information content (AvgIpc) is 3.15. The first-order valence-electron chi connectivity index (χ1n) is 14.4. The predicted molar refractivity (Wildman–Crippen MR) is 146 cm³/mol. The summed E-state index contributed by atoms with van der Waals surface area (Å²) in [5.74, 6) is -3.48. The molecule has 0 fully saturated rings. The standard InChI is InChI=1S/C30H48O10/c1-18(2)9-13-23(31)36-17-22(37-24(32)14-10-19(3)4)27-28(38-25(33)15-11-20(5)6)29(30(35)40-27)39-26(34)16-12-21(7)8/h18-22,27H,9-17H2,1-8H3/t22-,27+/m0/s1. The van der Waals surface area contributed by atoms with Gasteiger partial charge in [-0.3, -0.25) is 19.2 Å². The molecule has 228 valence electrons. The second-order valence-electron chi connectivity index (χ2n) is 11.9. The van der Waals surface area contributed by atoms with Crippen molar-refractivity contribution in [2.75, 3.05) is 6.61 Å². The average molecular weight is 569 g/mol. The van der Waals surface area contributed by atoms with Gasteiger partial charge in [-0.25, -0.2) is 4.79 Å². The summed E-state index contributed by atoms with van der Waals surface area (Å²) in [5, 5.41) is 0. The van der Waals surface area contributed by atoms with Crippen molar-refractivity contribution in [2.24, 2.45) is 23.7 Å². The van der Waals surface area contributed by atoms with Gasteiger partial charge in [-0.1, -0.05) is 55.4 Å². The third-order valence-electron chi connectivity index (χ3n) is 6.07. The molecule has 0 aromatic heterocycles. The van der Waals surface area contributed by atoms with E-state index < -0.39 is 54.4 Å². The molecule has 0 aliphatic carbocycles. The van der Waals surface area contributed by atoms with Crippen molar-refractivity contribution >= 4 is 29.8 Å². The van der Waals surface area contributed by atoms with Gasteiger partial charge in [-0.15, -0.1) is 0 Å². The minimum absolute atomic E-state index is 0.0365. The number of cyclic esters (lactones) is 1. The maximum atomic E-state index is 12.8. The minimum Gasteiger partial charge on any atom is -0.462 e. The van der Waals surface area contributed by atoms with E-state index in [1.807, 2.05) is 55.4 Å². The van der Waals surface area contributed by atoms with E-state index >= 15 is 0 Å². The summed E-state index contributed by atoms with van der Waals surface area (Å²) in [6.07, 6.45) is -0.236. The van der Waals surface area contributed by atoms with Crippen LogP contribution in [0.4, 0.5) is 0 Å². The Labute approximate surface area is 238 Å². The second kappa shape index (κ2) is 17.7. The number of hydrogen-bond acceptors (Lipinski definition) is 10. The van der Waals surface area contributed by atoms with E-state index in [0.717, 1.165) is 0 Å². The summed E-state index contributed by atoms with van der Waals surface area (Å²) in [6, 6.07) is 0. The van der Waals surface area contributed by atoms with Crippen LogP contribution < -0.4 is 0 Å². The molecular weight excluding hydrogens is 520 g/mol. The van der Waals surface area contributed by atoms with Crippen molar-refractivity contribution in [2.45, 2.75) is 119 Å². The summed E-state index contributed by atoms with van der Waals surface area (Å²) in [4.78, 5) is 63.0. The van der Waals surface area contributed by atoms with Crippen LogP contribution in [0.5, 0.6) is 0 Å². The van der Waals surface area contributed by atoms with Gasteiger partial charge in [0.25, 0.3) is 5.76 Å². The lowest BCUT2D eigenvalue weighted by Crippen LogP contribution is -2.39. The summed E-state index contributed by atoms with van der Waals surface area (Å²) >= 11 is 0. The number of esters is 5. The number of rotatable bonds is 18. The first-order chi connectivity index (χ1) is 18.7. The van der Waals surface area contributed by atoms with E-state index in [0.29, 0.717) is 25.7 Å². The Balaban J connectivity index is 3.28. The van der Waals surface area contributed by atoms with Crippen molar-refractivity contribution in [3.8, 4) is 0 Å². The van der Waals surface area contributed by atoms with E-state index in [-0.39, 0.29) is 55.1 Å². The largest absolute Gasteiger partial charge is 0.462 e. The zero-order chi connectivity index (χ0) is 30.4. The van der Waals surface area contributed by atoms with Crippen molar-refractivity contribution in [1.29, 1.82) is 0 Å². The molecule has 1 aliphatic rings. The van der Waals surface area contributed by atoms with Gasteiger partial charge in [0.2, 0.25) is 11.9 Å². The van der Waals surface area contributed by atoms with Gasteiger partial charge in [-0.2, -0.15) is 0 Å². The van der Waals surface area contributed by atoms with E-state index in [1.165, 1.54) is 0 Å². The molecule has 1 aliphatic heterocycles. The van der Waals surface area contributed by atoms with Crippen LogP contribution in [0, 0.1) is 23.7 Å². The number of hydrogen-bond donors (Lipinski definition) is 0. The first-order valence-corrected chi connectivity index (χ1v) is 14.4. The Morgan fingerprint density at radius 2 is 1.07 bits per heavy atom. The Hall–Kier alpha value is -2.91. The smallest absolute Gasteiger partial charge is 0.379 e. The molecule has 1 rings (SSSR count). The Morgan fingerprint density at radius 3 is 1.55 bits per heavy atom. The molecule has 0 aromatic rings. The lowest BCUT2D eigenvalue weighted by molar-refractivity contribution is -0.172. The van der Waals surface area contributed by atoms with Gasteiger partial charge < -0.3 is 23.7 Å². The summed E-state index contributed by atoms with van der Waals surface area (Å²) in [5.41, 5.74) is 0. The topological polar surface area (TPSA) is 132 Å². The number of carbonyl (C=O) groups excluding carboxylic acids is 5. The summed E-state index contributed by atoms with van der Waals surface area (Å²) in [6.45, 7) is 15.2. The molecule has 0 N–H and O–H groups in total. The van der Waals surface area contributed by atoms with Gasteiger partial charge >= 0.3 is 29.8 Å². The highest BCUT2D eigenvalue weighted by Crippen LogP contribution is 2.30. The maximum Gasteiger partial charge on any atom is 0.379 e. The molecule has 1 heterocycles. The molecule has 0 spiro atoms. The van der Waals surface area contributed by atoms with Crippen LogP contribution in [0.25, 0.3) is 0 Å². The minimum atomic E-state index is -1.44.